The lowest BCUT2D eigenvalue weighted by atomic mass is 10.1. The van der Waals surface area contributed by atoms with Crippen molar-refractivity contribution in [1.82, 2.24) is 0 Å². The number of rotatable bonds is 2. The van der Waals surface area contributed by atoms with Gasteiger partial charge in [-0.25, -0.2) is 0 Å². The third kappa shape index (κ3) is 1.84. The van der Waals surface area contributed by atoms with Gasteiger partial charge in [-0.1, -0.05) is 13.0 Å². The first-order valence-electron chi connectivity index (χ1n) is 3.71. The maximum absolute atomic E-state index is 11.4. The Morgan fingerprint density at radius 2 is 1.83 bits per heavy atom. The molecule has 0 amide bonds. The maximum Gasteiger partial charge on any atom is 0.164 e. The largest absolute Gasteiger partial charge is 0.294 e. The lowest BCUT2D eigenvalue weighted by Crippen LogP contribution is -1.99. The molecule has 0 saturated carbocycles. The Hall–Kier alpha value is -0.410. The molecule has 0 fully saturated rings. The van der Waals surface area contributed by atoms with E-state index in [1.807, 2.05) is 13.0 Å². The first-order chi connectivity index (χ1) is 5.66. The van der Waals surface area contributed by atoms with Crippen LogP contribution in [0.15, 0.2) is 28.0 Å². The number of carbonyl (C=O) groups excluding carboxylic acids is 1. The number of thiol groups is 2. The van der Waals surface area contributed by atoms with Gasteiger partial charge in [0.2, 0.25) is 0 Å². The molecule has 0 aliphatic rings. The van der Waals surface area contributed by atoms with Gasteiger partial charge in [0.05, 0.1) is 0 Å². The predicted molar refractivity (Wildman–Crippen MR) is 55.6 cm³/mol. The first kappa shape index (κ1) is 9.68. The van der Waals surface area contributed by atoms with E-state index < -0.39 is 0 Å². The predicted octanol–water partition coefficient (Wildman–Crippen LogP) is 2.86. The summed E-state index contributed by atoms with van der Waals surface area (Å²) >= 11 is 8.38. The molecule has 0 atom stereocenters. The van der Waals surface area contributed by atoms with Gasteiger partial charge in [-0.2, -0.15) is 0 Å². The Morgan fingerprint density at radius 3 is 2.25 bits per heavy atom. The minimum Gasteiger partial charge on any atom is -0.294 e. The van der Waals surface area contributed by atoms with Gasteiger partial charge in [-0.3, -0.25) is 4.79 Å². The van der Waals surface area contributed by atoms with Crippen LogP contribution >= 0.6 is 25.3 Å². The number of benzene rings is 1. The van der Waals surface area contributed by atoms with Gasteiger partial charge in [0.25, 0.3) is 0 Å². The molecule has 0 aliphatic carbocycles. The molecule has 0 aliphatic heterocycles. The Kier molecular flexibility index (Phi) is 3.23. The van der Waals surface area contributed by atoms with Gasteiger partial charge >= 0.3 is 0 Å². The Bertz CT molecular complexity index is 287. The Balaban J connectivity index is 3.21. The van der Waals surface area contributed by atoms with Gasteiger partial charge in [-0.15, -0.1) is 25.3 Å². The van der Waals surface area contributed by atoms with Crippen molar-refractivity contribution in [3.05, 3.63) is 23.8 Å². The van der Waals surface area contributed by atoms with Crippen LogP contribution in [-0.2, 0) is 0 Å². The van der Waals surface area contributed by atoms with Crippen LogP contribution in [0.5, 0.6) is 0 Å². The van der Waals surface area contributed by atoms with Crippen molar-refractivity contribution in [1.29, 1.82) is 0 Å². The van der Waals surface area contributed by atoms with Gasteiger partial charge in [-0.05, 0) is 12.1 Å². The van der Waals surface area contributed by atoms with E-state index in [9.17, 15) is 4.79 Å². The highest BCUT2D eigenvalue weighted by atomic mass is 32.1. The van der Waals surface area contributed by atoms with Crippen LogP contribution < -0.4 is 0 Å². The van der Waals surface area contributed by atoms with Crippen LogP contribution in [-0.4, -0.2) is 5.78 Å². The molecule has 0 radical (unpaired) electrons. The molecule has 3 heteroatoms. The van der Waals surface area contributed by atoms with Crippen molar-refractivity contribution in [2.45, 2.75) is 23.1 Å². The molecule has 64 valence electrons. The van der Waals surface area contributed by atoms with E-state index in [1.54, 1.807) is 12.1 Å². The van der Waals surface area contributed by atoms with Gasteiger partial charge in [0, 0.05) is 21.8 Å². The minimum atomic E-state index is 0.0885. The average Bonchev–Trinajstić information content (AvgIpc) is 2.03. The quantitative estimate of drug-likeness (QED) is 0.552. The van der Waals surface area contributed by atoms with E-state index in [1.165, 1.54) is 0 Å². The summed E-state index contributed by atoms with van der Waals surface area (Å²) in [5.41, 5.74) is 0.631. The molecular weight excluding hydrogens is 188 g/mol. The highest BCUT2D eigenvalue weighted by molar-refractivity contribution is 7.81. The number of hydrogen-bond acceptors (Lipinski definition) is 3. The summed E-state index contributed by atoms with van der Waals surface area (Å²) in [5, 5.41) is 0. The van der Waals surface area contributed by atoms with Crippen molar-refractivity contribution >= 4 is 31.0 Å². The molecule has 0 unspecified atom stereocenters. The first-order valence-corrected chi connectivity index (χ1v) is 4.60. The van der Waals surface area contributed by atoms with Crippen molar-refractivity contribution in [2.75, 3.05) is 0 Å². The van der Waals surface area contributed by atoms with E-state index in [4.69, 9.17) is 0 Å². The lowest BCUT2D eigenvalue weighted by Gasteiger charge is -2.04. The smallest absolute Gasteiger partial charge is 0.164 e. The number of hydrogen-bond donors (Lipinski definition) is 2. The molecule has 12 heavy (non-hydrogen) atoms. The fourth-order valence-electron chi connectivity index (χ4n) is 0.991. The fourth-order valence-corrected chi connectivity index (χ4v) is 1.74. The fraction of sp³-hybridized carbons (Fsp3) is 0.222. The topological polar surface area (TPSA) is 17.1 Å². The SMILES string of the molecule is CCC(=O)c1c(S)cccc1S. The molecule has 1 nitrogen and oxygen atoms in total. The molecule has 0 spiro atoms. The second-order valence-corrected chi connectivity index (χ2v) is 3.41. The molecule has 0 heterocycles. The van der Waals surface area contributed by atoms with Crippen molar-refractivity contribution in [3.8, 4) is 0 Å². The summed E-state index contributed by atoms with van der Waals surface area (Å²) in [6.45, 7) is 1.83. The van der Waals surface area contributed by atoms with E-state index >= 15 is 0 Å². The Labute approximate surface area is 83.0 Å². The second kappa shape index (κ2) is 4.01. The molecule has 1 rings (SSSR count). The van der Waals surface area contributed by atoms with Crippen LogP contribution in [0.1, 0.15) is 23.7 Å². The number of Topliss-reactive ketones (excluding diaryl/α,β-unsaturated/α-hetero) is 1. The van der Waals surface area contributed by atoms with E-state index in [0.29, 0.717) is 21.8 Å². The third-order valence-electron chi connectivity index (χ3n) is 1.62. The third-order valence-corrected chi connectivity index (χ3v) is 2.37. The van der Waals surface area contributed by atoms with Crippen LogP contribution in [0.4, 0.5) is 0 Å². The van der Waals surface area contributed by atoms with Gasteiger partial charge in [0.15, 0.2) is 5.78 Å². The van der Waals surface area contributed by atoms with Crippen molar-refractivity contribution in [2.24, 2.45) is 0 Å². The standard InChI is InChI=1S/C9H10OS2/c1-2-6(10)9-7(11)4-3-5-8(9)12/h3-5,11-12H,2H2,1H3. The number of ketones is 1. The molecular formula is C9H10OS2. The summed E-state index contributed by atoms with van der Waals surface area (Å²) in [4.78, 5) is 12.8. The normalized spacial score (nSPS) is 9.92. The summed E-state index contributed by atoms with van der Waals surface area (Å²) < 4.78 is 0. The number of carbonyl (C=O) groups is 1. The zero-order valence-corrected chi connectivity index (χ0v) is 8.53. The van der Waals surface area contributed by atoms with Crippen LogP contribution in [0.25, 0.3) is 0 Å². The summed E-state index contributed by atoms with van der Waals surface area (Å²) in [7, 11) is 0. The molecule has 0 aromatic heterocycles. The summed E-state index contributed by atoms with van der Waals surface area (Å²) in [5.74, 6) is 0.0885. The van der Waals surface area contributed by atoms with Crippen LogP contribution in [0, 0.1) is 0 Å². The molecule has 0 N–H and O–H groups in total. The zero-order valence-electron chi connectivity index (χ0n) is 6.74. The monoisotopic (exact) mass is 198 g/mol. The summed E-state index contributed by atoms with van der Waals surface area (Å²) in [6.07, 6.45) is 0.491. The van der Waals surface area contributed by atoms with E-state index in [0.717, 1.165) is 0 Å². The van der Waals surface area contributed by atoms with Crippen LogP contribution in [0.3, 0.4) is 0 Å². The van der Waals surface area contributed by atoms with E-state index in [2.05, 4.69) is 25.3 Å². The molecule has 1 aromatic carbocycles. The Morgan fingerprint density at radius 1 is 1.33 bits per heavy atom. The molecule has 0 bridgehead atoms. The molecule has 0 saturated heterocycles. The van der Waals surface area contributed by atoms with Crippen molar-refractivity contribution in [3.63, 3.8) is 0 Å². The average molecular weight is 198 g/mol. The zero-order chi connectivity index (χ0) is 9.14. The maximum atomic E-state index is 11.4. The van der Waals surface area contributed by atoms with Crippen molar-refractivity contribution < 1.29 is 4.79 Å². The van der Waals surface area contributed by atoms with E-state index in [-0.39, 0.29) is 5.78 Å². The highest BCUT2D eigenvalue weighted by Gasteiger charge is 2.09. The summed E-state index contributed by atoms with van der Waals surface area (Å²) in [6, 6.07) is 5.43. The van der Waals surface area contributed by atoms with Gasteiger partial charge < -0.3 is 0 Å². The lowest BCUT2D eigenvalue weighted by molar-refractivity contribution is 0.0982. The molecule has 1 aromatic rings. The second-order valence-electron chi connectivity index (χ2n) is 2.45. The highest BCUT2D eigenvalue weighted by Crippen LogP contribution is 2.22. The minimum absolute atomic E-state index is 0.0885. The van der Waals surface area contributed by atoms with Gasteiger partial charge in [0.1, 0.15) is 0 Å². The van der Waals surface area contributed by atoms with Crippen LogP contribution in [0.2, 0.25) is 0 Å².